The van der Waals surface area contributed by atoms with Crippen LogP contribution < -0.4 is 0 Å². The summed E-state index contributed by atoms with van der Waals surface area (Å²) in [7, 11) is 0. The highest BCUT2D eigenvalue weighted by Crippen LogP contribution is 2.54. The van der Waals surface area contributed by atoms with Gasteiger partial charge in [-0.25, -0.2) is 9.97 Å². The summed E-state index contributed by atoms with van der Waals surface area (Å²) in [6.07, 6.45) is 0. The number of nitrogens with zero attached hydrogens (tertiary/aromatic N) is 2. The van der Waals surface area contributed by atoms with Gasteiger partial charge >= 0.3 is 0 Å². The Morgan fingerprint density at radius 2 is 0.941 bits per heavy atom. The number of furan rings is 1. The van der Waals surface area contributed by atoms with Gasteiger partial charge in [-0.1, -0.05) is 164 Å². The van der Waals surface area contributed by atoms with E-state index in [0.29, 0.717) is 5.82 Å². The molecule has 0 N–H and O–H groups in total. The summed E-state index contributed by atoms with van der Waals surface area (Å²) in [6, 6.07) is 62.1. The van der Waals surface area contributed by atoms with E-state index in [1.807, 2.05) is 30.3 Å². The van der Waals surface area contributed by atoms with Gasteiger partial charge in [0, 0.05) is 38.4 Å². The maximum atomic E-state index is 6.37. The average Bonchev–Trinajstić information content (AvgIpc) is 3.72. The van der Waals surface area contributed by atoms with Crippen molar-refractivity contribution in [2.75, 3.05) is 0 Å². The van der Waals surface area contributed by atoms with Gasteiger partial charge in [-0.15, -0.1) is 0 Å². The highest BCUT2D eigenvalue weighted by Gasteiger charge is 2.41. The summed E-state index contributed by atoms with van der Waals surface area (Å²) >= 11 is 0. The third-order valence-electron chi connectivity index (χ3n) is 10.6. The fourth-order valence-electron chi connectivity index (χ4n) is 8.13. The smallest absolute Gasteiger partial charge is 0.160 e. The van der Waals surface area contributed by atoms with E-state index < -0.39 is 0 Å². The molecule has 240 valence electrons. The van der Waals surface area contributed by atoms with E-state index in [0.717, 1.165) is 61.1 Å². The van der Waals surface area contributed by atoms with Crippen molar-refractivity contribution in [1.29, 1.82) is 0 Å². The first kappa shape index (κ1) is 29.3. The number of hydrogen-bond donors (Lipinski definition) is 0. The SMILES string of the molecule is CC1(c2ccccc2-c2cc(-c3ccc(-c4cccc5c4oc4ccccc45)cc3)nc(-c3ccccc3)n2)c2ccccc2-c2ccccc21. The Labute approximate surface area is 296 Å². The van der Waals surface area contributed by atoms with Crippen LogP contribution in [0.15, 0.2) is 180 Å². The van der Waals surface area contributed by atoms with Crippen molar-refractivity contribution >= 4 is 21.9 Å². The minimum atomic E-state index is -0.360. The van der Waals surface area contributed by atoms with Crippen LogP contribution in [-0.2, 0) is 5.41 Å². The Hall–Kier alpha value is -6.58. The van der Waals surface area contributed by atoms with Crippen LogP contribution in [0.4, 0.5) is 0 Å². The monoisotopic (exact) mass is 652 g/mol. The molecule has 0 saturated heterocycles. The summed E-state index contributed by atoms with van der Waals surface area (Å²) in [5.41, 5.74) is 14.9. The van der Waals surface area contributed by atoms with Crippen molar-refractivity contribution in [2.45, 2.75) is 12.3 Å². The Morgan fingerprint density at radius 1 is 0.412 bits per heavy atom. The van der Waals surface area contributed by atoms with Crippen LogP contribution in [0.25, 0.3) is 78.1 Å². The van der Waals surface area contributed by atoms with Gasteiger partial charge in [0.15, 0.2) is 5.82 Å². The lowest BCUT2D eigenvalue weighted by atomic mass is 9.72. The van der Waals surface area contributed by atoms with E-state index in [2.05, 4.69) is 153 Å². The van der Waals surface area contributed by atoms with Gasteiger partial charge in [0.25, 0.3) is 0 Å². The molecule has 0 atom stereocenters. The minimum Gasteiger partial charge on any atom is -0.455 e. The number of hydrogen-bond acceptors (Lipinski definition) is 3. The molecule has 51 heavy (non-hydrogen) atoms. The molecule has 10 rings (SSSR count). The highest BCUT2D eigenvalue weighted by molar-refractivity contribution is 6.09. The molecule has 2 aromatic heterocycles. The van der Waals surface area contributed by atoms with Crippen LogP contribution in [-0.4, -0.2) is 9.97 Å². The normalized spacial score (nSPS) is 13.0. The molecule has 3 heteroatoms. The van der Waals surface area contributed by atoms with Crippen LogP contribution in [0, 0.1) is 0 Å². The number of benzene rings is 7. The fourth-order valence-corrected chi connectivity index (χ4v) is 8.13. The van der Waals surface area contributed by atoms with E-state index >= 15 is 0 Å². The van der Waals surface area contributed by atoms with Gasteiger partial charge in [0.2, 0.25) is 0 Å². The largest absolute Gasteiger partial charge is 0.455 e. The standard InChI is InChI=1S/C48H32N2O/c1-48(40-22-9-5-16-35(40)36-17-6-10-23-41(36)48)42-24-11-7-19-39(42)44-30-43(49-47(50-44)33-14-3-2-4-15-33)32-28-26-31(27-29-32)34-20-13-21-38-37-18-8-12-25-45(37)51-46(34)38/h2-30H,1H3. The van der Waals surface area contributed by atoms with Crippen LogP contribution >= 0.6 is 0 Å². The zero-order valence-electron chi connectivity index (χ0n) is 28.0. The quantitative estimate of drug-likeness (QED) is 0.186. The molecule has 0 saturated carbocycles. The topological polar surface area (TPSA) is 38.9 Å². The molecule has 1 aliphatic carbocycles. The molecule has 2 heterocycles. The molecule has 0 fully saturated rings. The van der Waals surface area contributed by atoms with Gasteiger partial charge in [0.05, 0.1) is 11.4 Å². The first-order valence-corrected chi connectivity index (χ1v) is 17.4. The Kier molecular flexibility index (Phi) is 6.62. The molecule has 0 spiro atoms. The van der Waals surface area contributed by atoms with Crippen LogP contribution in [0.3, 0.4) is 0 Å². The summed E-state index contributed by atoms with van der Waals surface area (Å²) in [5.74, 6) is 0.700. The van der Waals surface area contributed by atoms with Gasteiger partial charge in [0.1, 0.15) is 11.2 Å². The first-order valence-electron chi connectivity index (χ1n) is 17.4. The van der Waals surface area contributed by atoms with Gasteiger partial charge in [-0.2, -0.15) is 0 Å². The van der Waals surface area contributed by atoms with Gasteiger partial charge < -0.3 is 4.42 Å². The van der Waals surface area contributed by atoms with Gasteiger partial charge in [-0.3, -0.25) is 0 Å². The first-order chi connectivity index (χ1) is 25.2. The molecule has 0 aliphatic heterocycles. The van der Waals surface area contributed by atoms with E-state index in [4.69, 9.17) is 14.4 Å². The molecule has 0 unspecified atom stereocenters. The van der Waals surface area contributed by atoms with Crippen molar-refractivity contribution in [3.63, 3.8) is 0 Å². The fraction of sp³-hybridized carbons (Fsp3) is 0.0417. The number of fused-ring (bicyclic) bond motifs is 6. The summed E-state index contributed by atoms with van der Waals surface area (Å²) in [6.45, 7) is 2.36. The maximum absolute atomic E-state index is 6.37. The van der Waals surface area contributed by atoms with Crippen molar-refractivity contribution in [1.82, 2.24) is 9.97 Å². The van der Waals surface area contributed by atoms with Crippen molar-refractivity contribution in [3.05, 3.63) is 193 Å². The van der Waals surface area contributed by atoms with Crippen molar-refractivity contribution < 1.29 is 4.42 Å². The molecule has 0 bridgehead atoms. The zero-order chi connectivity index (χ0) is 33.9. The molecular weight excluding hydrogens is 621 g/mol. The minimum absolute atomic E-state index is 0.360. The number of para-hydroxylation sites is 2. The number of aromatic nitrogens is 2. The molecule has 1 aliphatic rings. The van der Waals surface area contributed by atoms with Crippen molar-refractivity contribution in [2.24, 2.45) is 0 Å². The summed E-state index contributed by atoms with van der Waals surface area (Å²) in [4.78, 5) is 10.4. The summed E-state index contributed by atoms with van der Waals surface area (Å²) < 4.78 is 6.37. The van der Waals surface area contributed by atoms with E-state index in [1.54, 1.807) is 0 Å². The average molecular weight is 653 g/mol. The summed E-state index contributed by atoms with van der Waals surface area (Å²) in [5, 5.41) is 2.26. The van der Waals surface area contributed by atoms with Gasteiger partial charge in [-0.05, 0) is 52.4 Å². The van der Waals surface area contributed by atoms with Crippen LogP contribution in [0.1, 0.15) is 23.6 Å². The zero-order valence-corrected chi connectivity index (χ0v) is 28.0. The predicted octanol–water partition coefficient (Wildman–Crippen LogP) is 12.4. The third-order valence-corrected chi connectivity index (χ3v) is 10.6. The second-order valence-corrected chi connectivity index (χ2v) is 13.4. The lowest BCUT2D eigenvalue weighted by Crippen LogP contribution is -2.23. The highest BCUT2D eigenvalue weighted by atomic mass is 16.3. The molecule has 0 radical (unpaired) electrons. The Bertz CT molecular complexity index is 2710. The maximum Gasteiger partial charge on any atom is 0.160 e. The predicted molar refractivity (Wildman–Crippen MR) is 208 cm³/mol. The van der Waals surface area contributed by atoms with Crippen molar-refractivity contribution in [3.8, 4) is 56.2 Å². The Balaban J connectivity index is 1.13. The molecule has 3 nitrogen and oxygen atoms in total. The van der Waals surface area contributed by atoms with E-state index in [-0.39, 0.29) is 5.41 Å². The van der Waals surface area contributed by atoms with Crippen LogP contribution in [0.5, 0.6) is 0 Å². The second kappa shape index (κ2) is 11.5. The molecule has 7 aromatic carbocycles. The third kappa shape index (κ3) is 4.59. The lowest BCUT2D eigenvalue weighted by molar-refractivity contribution is 0.670. The molecule has 9 aromatic rings. The van der Waals surface area contributed by atoms with E-state index in [9.17, 15) is 0 Å². The second-order valence-electron chi connectivity index (χ2n) is 13.4. The number of rotatable bonds is 5. The van der Waals surface area contributed by atoms with Crippen LogP contribution in [0.2, 0.25) is 0 Å². The van der Waals surface area contributed by atoms with E-state index in [1.165, 1.54) is 27.8 Å². The molecular formula is C48H32N2O. The Morgan fingerprint density at radius 3 is 1.67 bits per heavy atom. The molecule has 0 amide bonds. The lowest BCUT2D eigenvalue weighted by Gasteiger charge is -2.30.